The van der Waals surface area contributed by atoms with Gasteiger partial charge in [-0.05, 0) is 30.7 Å². The summed E-state index contributed by atoms with van der Waals surface area (Å²) < 4.78 is 27.1. The third-order valence-corrected chi connectivity index (χ3v) is 4.94. The Kier molecular flexibility index (Phi) is 4.98. The Bertz CT molecular complexity index is 649. The van der Waals surface area contributed by atoms with Crippen molar-refractivity contribution in [1.29, 1.82) is 0 Å². The molecule has 0 spiro atoms. The minimum absolute atomic E-state index is 0.302. The molecule has 0 atom stereocenters. The van der Waals surface area contributed by atoms with Crippen molar-refractivity contribution in [2.45, 2.75) is 17.9 Å². The van der Waals surface area contributed by atoms with Crippen LogP contribution in [0.1, 0.15) is 6.42 Å². The van der Waals surface area contributed by atoms with Gasteiger partial charge in [-0.3, -0.25) is 0 Å². The topological polar surface area (TPSA) is 67.2 Å². The highest BCUT2D eigenvalue weighted by Crippen LogP contribution is 2.16. The lowest BCUT2D eigenvalue weighted by Gasteiger charge is -2.12. The van der Waals surface area contributed by atoms with E-state index in [-0.39, 0.29) is 0 Å². The van der Waals surface area contributed by atoms with Gasteiger partial charge in [0.15, 0.2) is 0 Å². The third-order valence-electron chi connectivity index (χ3n) is 3.11. The fourth-order valence-corrected chi connectivity index (χ4v) is 2.77. The molecule has 1 heterocycles. The van der Waals surface area contributed by atoms with Crippen LogP contribution in [-0.4, -0.2) is 42.9 Å². The summed E-state index contributed by atoms with van der Waals surface area (Å²) in [7, 11) is -0.302. The molecule has 0 fully saturated rings. The molecule has 0 amide bonds. The molecule has 0 bridgehead atoms. The summed E-state index contributed by atoms with van der Waals surface area (Å²) in [5, 5.41) is 3.27. The molecule has 0 aliphatic carbocycles. The van der Waals surface area contributed by atoms with Crippen LogP contribution in [0.25, 0.3) is 0 Å². The number of nitrogens with zero attached hydrogens (tertiary/aromatic N) is 3. The number of aromatic nitrogens is 2. The lowest BCUT2D eigenvalue weighted by molar-refractivity contribution is 0.521. The highest BCUT2D eigenvalue weighted by Gasteiger charge is 2.16. The number of rotatable bonds is 7. The van der Waals surface area contributed by atoms with Crippen molar-refractivity contribution in [2.24, 2.45) is 0 Å². The van der Waals surface area contributed by atoms with Gasteiger partial charge in [0.25, 0.3) is 0 Å². The predicted octanol–water partition coefficient (Wildman–Crippen LogP) is 1.64. The summed E-state index contributed by atoms with van der Waals surface area (Å²) in [6, 6.07) is 6.81. The van der Waals surface area contributed by atoms with Crippen molar-refractivity contribution in [2.75, 3.05) is 26.0 Å². The Morgan fingerprint density at radius 2 is 1.95 bits per heavy atom. The van der Waals surface area contributed by atoms with Gasteiger partial charge in [0.2, 0.25) is 10.0 Å². The van der Waals surface area contributed by atoms with E-state index < -0.39 is 10.0 Å². The summed E-state index contributed by atoms with van der Waals surface area (Å²) in [5.74, 6) is 0. The first-order chi connectivity index (χ1) is 10.00. The Labute approximate surface area is 125 Å². The summed E-state index contributed by atoms with van der Waals surface area (Å²) in [4.78, 5) is 4.29. The van der Waals surface area contributed by atoms with Crippen LogP contribution in [-0.2, 0) is 16.6 Å². The van der Waals surface area contributed by atoms with Gasteiger partial charge >= 0.3 is 0 Å². The lowest BCUT2D eigenvalue weighted by atomic mass is 10.3. The van der Waals surface area contributed by atoms with Gasteiger partial charge in [0.05, 0.1) is 11.2 Å². The molecule has 2 aromatic rings. The molecule has 0 radical (unpaired) electrons. The second kappa shape index (κ2) is 6.73. The molecule has 2 rings (SSSR count). The second-order valence-electron chi connectivity index (χ2n) is 4.89. The molecule has 6 nitrogen and oxygen atoms in total. The molecule has 1 N–H and O–H groups in total. The van der Waals surface area contributed by atoms with Crippen molar-refractivity contribution in [3.63, 3.8) is 0 Å². The third kappa shape index (κ3) is 4.05. The Balaban J connectivity index is 1.85. The molecule has 21 heavy (non-hydrogen) atoms. The zero-order valence-corrected chi connectivity index (χ0v) is 13.0. The van der Waals surface area contributed by atoms with Gasteiger partial charge in [-0.2, -0.15) is 0 Å². The SMILES string of the molecule is CN(C)S(=O)(=O)c1ccc(NCCCn2ccnc2)cc1. The number of sulfonamides is 1. The first-order valence-corrected chi connectivity index (χ1v) is 8.16. The van der Waals surface area contributed by atoms with Crippen molar-refractivity contribution in [3.8, 4) is 0 Å². The Morgan fingerprint density at radius 1 is 1.24 bits per heavy atom. The van der Waals surface area contributed by atoms with Gasteiger partial charge in [-0.1, -0.05) is 0 Å². The van der Waals surface area contributed by atoms with E-state index in [4.69, 9.17) is 0 Å². The van der Waals surface area contributed by atoms with E-state index in [1.54, 1.807) is 36.8 Å². The number of aryl methyl sites for hydroxylation is 1. The first kappa shape index (κ1) is 15.5. The fourth-order valence-electron chi connectivity index (χ4n) is 1.87. The first-order valence-electron chi connectivity index (χ1n) is 6.72. The minimum atomic E-state index is -3.35. The van der Waals surface area contributed by atoms with Crippen molar-refractivity contribution >= 4 is 15.7 Å². The van der Waals surface area contributed by atoms with Crippen LogP contribution >= 0.6 is 0 Å². The van der Waals surface area contributed by atoms with Crippen LogP contribution in [0.3, 0.4) is 0 Å². The average Bonchev–Trinajstić information content (AvgIpc) is 2.97. The van der Waals surface area contributed by atoms with E-state index in [9.17, 15) is 8.42 Å². The zero-order chi connectivity index (χ0) is 15.3. The number of nitrogens with one attached hydrogen (secondary N) is 1. The van der Waals surface area contributed by atoms with E-state index in [2.05, 4.69) is 10.3 Å². The average molecular weight is 308 g/mol. The quantitative estimate of drug-likeness (QED) is 0.790. The van der Waals surface area contributed by atoms with Gasteiger partial charge in [-0.15, -0.1) is 0 Å². The molecule has 0 saturated carbocycles. The van der Waals surface area contributed by atoms with Crippen LogP contribution in [0.15, 0.2) is 47.9 Å². The maximum atomic E-state index is 11.9. The smallest absolute Gasteiger partial charge is 0.242 e. The van der Waals surface area contributed by atoms with Gasteiger partial charge < -0.3 is 9.88 Å². The van der Waals surface area contributed by atoms with Crippen LogP contribution in [0.5, 0.6) is 0 Å². The Morgan fingerprint density at radius 3 is 2.52 bits per heavy atom. The predicted molar refractivity (Wildman–Crippen MR) is 82.6 cm³/mol. The van der Waals surface area contributed by atoms with Gasteiger partial charge in [-0.25, -0.2) is 17.7 Å². The number of hydrogen-bond acceptors (Lipinski definition) is 4. The van der Waals surface area contributed by atoms with E-state index >= 15 is 0 Å². The van der Waals surface area contributed by atoms with Crippen LogP contribution in [0.2, 0.25) is 0 Å². The largest absolute Gasteiger partial charge is 0.385 e. The summed E-state index contributed by atoms with van der Waals surface area (Å²) in [5.41, 5.74) is 0.915. The number of anilines is 1. The normalized spacial score (nSPS) is 11.8. The van der Waals surface area contributed by atoms with E-state index in [0.717, 1.165) is 25.2 Å². The van der Waals surface area contributed by atoms with Crippen LogP contribution in [0, 0.1) is 0 Å². The molecule has 0 aliphatic heterocycles. The minimum Gasteiger partial charge on any atom is -0.385 e. The summed E-state index contributed by atoms with van der Waals surface area (Å²) >= 11 is 0. The molecular formula is C14H20N4O2S. The van der Waals surface area contributed by atoms with Crippen molar-refractivity contribution in [1.82, 2.24) is 13.9 Å². The van der Waals surface area contributed by atoms with Gasteiger partial charge in [0.1, 0.15) is 0 Å². The maximum absolute atomic E-state index is 11.9. The van der Waals surface area contributed by atoms with Gasteiger partial charge in [0, 0.05) is 45.3 Å². The summed E-state index contributed by atoms with van der Waals surface area (Å²) in [6.07, 6.45) is 6.45. The van der Waals surface area contributed by atoms with Crippen LogP contribution < -0.4 is 5.32 Å². The molecule has 114 valence electrons. The molecule has 7 heteroatoms. The molecule has 0 unspecified atom stereocenters. The van der Waals surface area contributed by atoms with Crippen molar-refractivity contribution < 1.29 is 8.42 Å². The Hall–Kier alpha value is -1.86. The molecule has 1 aromatic heterocycles. The highest BCUT2D eigenvalue weighted by molar-refractivity contribution is 7.89. The molecule has 0 aliphatic rings. The fraction of sp³-hybridized carbons (Fsp3) is 0.357. The zero-order valence-electron chi connectivity index (χ0n) is 12.2. The number of benzene rings is 1. The molecule has 1 aromatic carbocycles. The molecular weight excluding hydrogens is 288 g/mol. The molecule has 0 saturated heterocycles. The maximum Gasteiger partial charge on any atom is 0.242 e. The van der Waals surface area contributed by atoms with E-state index in [1.807, 2.05) is 10.8 Å². The highest BCUT2D eigenvalue weighted by atomic mass is 32.2. The number of hydrogen-bond donors (Lipinski definition) is 1. The van der Waals surface area contributed by atoms with E-state index in [1.165, 1.54) is 18.4 Å². The van der Waals surface area contributed by atoms with Crippen molar-refractivity contribution in [3.05, 3.63) is 43.0 Å². The number of imidazole rings is 1. The monoisotopic (exact) mass is 308 g/mol. The lowest BCUT2D eigenvalue weighted by Crippen LogP contribution is -2.22. The second-order valence-corrected chi connectivity index (χ2v) is 7.04. The van der Waals surface area contributed by atoms with E-state index in [0.29, 0.717) is 4.90 Å². The van der Waals surface area contributed by atoms with Crippen LogP contribution in [0.4, 0.5) is 5.69 Å². The summed E-state index contributed by atoms with van der Waals surface area (Å²) in [6.45, 7) is 1.72. The standard InChI is InChI=1S/C14H20N4O2S/c1-17(2)21(19,20)14-6-4-13(5-7-14)16-8-3-10-18-11-9-15-12-18/h4-7,9,11-12,16H,3,8,10H2,1-2H3.